The van der Waals surface area contributed by atoms with Gasteiger partial charge in [-0.1, -0.05) is 0 Å². The van der Waals surface area contributed by atoms with Crippen LogP contribution in [0.2, 0.25) is 0 Å². The molecule has 2 aromatic rings. The van der Waals surface area contributed by atoms with E-state index in [2.05, 4.69) is 9.97 Å². The first-order valence-corrected chi connectivity index (χ1v) is 10.9. The highest BCUT2D eigenvalue weighted by Gasteiger charge is 2.29. The van der Waals surface area contributed by atoms with E-state index in [-0.39, 0.29) is 11.8 Å². The minimum Gasteiger partial charge on any atom is -0.337 e. The molecule has 0 aromatic carbocycles. The Balaban J connectivity index is 1.60. The van der Waals surface area contributed by atoms with Gasteiger partial charge < -0.3 is 4.90 Å². The normalized spacial score (nSPS) is 20.1. The predicted molar refractivity (Wildman–Crippen MR) is 96.5 cm³/mol. The molecule has 9 heteroatoms. The number of piperidine rings is 1. The van der Waals surface area contributed by atoms with Crippen LogP contribution in [-0.2, 0) is 10.0 Å². The highest BCUT2D eigenvalue weighted by Crippen LogP contribution is 2.29. The van der Waals surface area contributed by atoms with Gasteiger partial charge in [-0.3, -0.25) is 9.20 Å². The summed E-state index contributed by atoms with van der Waals surface area (Å²) in [4.78, 5) is 23.3. The molecule has 1 amide bonds. The minimum atomic E-state index is -3.14. The summed E-state index contributed by atoms with van der Waals surface area (Å²) in [7, 11) is -3.14. The Bertz CT molecular complexity index is 925. The van der Waals surface area contributed by atoms with Gasteiger partial charge >= 0.3 is 0 Å². The van der Waals surface area contributed by atoms with Gasteiger partial charge in [-0.05, 0) is 31.7 Å². The minimum absolute atomic E-state index is 0.0541. The number of hydrogen-bond acceptors (Lipinski definition) is 5. The van der Waals surface area contributed by atoms with Crippen molar-refractivity contribution >= 4 is 21.6 Å². The maximum Gasteiger partial charge on any atom is 0.276 e. The standard InChI is InChI=1S/C17H23N5O3S/c1-26(24,25)21-10-5-13(6-11-21)14-4-7-18-16-15(19-12-22(14)16)17(23)20-8-2-3-9-20/h4,7,12-13H,2-3,5-6,8-11H2,1H3. The Morgan fingerprint density at radius 3 is 2.46 bits per heavy atom. The number of fused-ring (bicyclic) bond motifs is 1. The fourth-order valence-corrected chi connectivity index (χ4v) is 4.83. The molecule has 8 nitrogen and oxygen atoms in total. The van der Waals surface area contributed by atoms with Gasteiger partial charge in [-0.25, -0.2) is 22.7 Å². The third-order valence-corrected chi connectivity index (χ3v) is 6.70. The lowest BCUT2D eigenvalue weighted by Gasteiger charge is -2.30. The number of rotatable bonds is 3. The quantitative estimate of drug-likeness (QED) is 0.799. The summed E-state index contributed by atoms with van der Waals surface area (Å²) >= 11 is 0. The van der Waals surface area contributed by atoms with Crippen molar-refractivity contribution in [3.63, 3.8) is 0 Å². The number of nitrogens with zero attached hydrogens (tertiary/aromatic N) is 5. The van der Waals surface area contributed by atoms with Crippen LogP contribution in [0.1, 0.15) is 47.8 Å². The van der Waals surface area contributed by atoms with E-state index in [1.54, 1.807) is 12.5 Å². The molecule has 0 aliphatic carbocycles. The van der Waals surface area contributed by atoms with E-state index in [0.717, 1.165) is 44.5 Å². The van der Waals surface area contributed by atoms with Crippen LogP contribution in [0.5, 0.6) is 0 Å². The molecular weight excluding hydrogens is 354 g/mol. The fraction of sp³-hybridized carbons (Fsp3) is 0.588. The van der Waals surface area contributed by atoms with Crippen LogP contribution in [-0.4, -0.2) is 70.3 Å². The van der Waals surface area contributed by atoms with Crippen LogP contribution in [0.25, 0.3) is 5.65 Å². The lowest BCUT2D eigenvalue weighted by atomic mass is 9.94. The molecule has 2 fully saturated rings. The number of imidazole rings is 1. The summed E-state index contributed by atoms with van der Waals surface area (Å²) in [5.74, 6) is 0.170. The number of sulfonamides is 1. The zero-order valence-corrected chi connectivity index (χ0v) is 15.7. The van der Waals surface area contributed by atoms with Crippen LogP contribution in [0, 0.1) is 0 Å². The van der Waals surface area contributed by atoms with Crippen molar-refractivity contribution in [2.75, 3.05) is 32.4 Å². The molecule has 4 rings (SSSR count). The maximum atomic E-state index is 12.7. The lowest BCUT2D eigenvalue weighted by Crippen LogP contribution is -2.37. The molecule has 26 heavy (non-hydrogen) atoms. The van der Waals surface area contributed by atoms with Crippen molar-refractivity contribution < 1.29 is 13.2 Å². The molecule has 140 valence electrons. The van der Waals surface area contributed by atoms with Crippen LogP contribution in [0.3, 0.4) is 0 Å². The molecule has 0 N–H and O–H groups in total. The van der Waals surface area contributed by atoms with Crippen molar-refractivity contribution in [2.24, 2.45) is 0 Å². The SMILES string of the molecule is CS(=O)(=O)N1CCC(c2ccnc3c(C(=O)N4CCCC4)ncn23)CC1. The first-order valence-electron chi connectivity index (χ1n) is 9.01. The fourth-order valence-electron chi connectivity index (χ4n) is 3.96. The molecule has 2 saturated heterocycles. The van der Waals surface area contributed by atoms with Crippen LogP contribution in [0.15, 0.2) is 18.6 Å². The smallest absolute Gasteiger partial charge is 0.276 e. The average molecular weight is 377 g/mol. The van der Waals surface area contributed by atoms with Crippen LogP contribution in [0.4, 0.5) is 0 Å². The Morgan fingerprint density at radius 1 is 1.12 bits per heavy atom. The summed E-state index contributed by atoms with van der Waals surface area (Å²) in [6.07, 6.45) is 8.22. The summed E-state index contributed by atoms with van der Waals surface area (Å²) in [6.45, 7) is 2.59. The summed E-state index contributed by atoms with van der Waals surface area (Å²) < 4.78 is 26.8. The average Bonchev–Trinajstić information content (AvgIpc) is 3.30. The Kier molecular flexibility index (Phi) is 4.44. The molecule has 2 aromatic heterocycles. The number of hydrogen-bond donors (Lipinski definition) is 0. The summed E-state index contributed by atoms with van der Waals surface area (Å²) in [6, 6.07) is 1.94. The van der Waals surface area contributed by atoms with Gasteiger partial charge in [0.2, 0.25) is 10.0 Å². The molecule has 4 heterocycles. The monoisotopic (exact) mass is 377 g/mol. The largest absolute Gasteiger partial charge is 0.337 e. The number of amides is 1. The number of carbonyl (C=O) groups excluding carboxylic acids is 1. The highest BCUT2D eigenvalue weighted by atomic mass is 32.2. The van der Waals surface area contributed by atoms with E-state index in [9.17, 15) is 13.2 Å². The highest BCUT2D eigenvalue weighted by molar-refractivity contribution is 7.88. The van der Waals surface area contributed by atoms with E-state index in [4.69, 9.17) is 0 Å². The van der Waals surface area contributed by atoms with Gasteiger partial charge in [0.05, 0.1) is 6.26 Å². The number of carbonyl (C=O) groups is 1. The topological polar surface area (TPSA) is 87.9 Å². The van der Waals surface area contributed by atoms with Crippen LogP contribution >= 0.6 is 0 Å². The third-order valence-electron chi connectivity index (χ3n) is 5.40. The van der Waals surface area contributed by atoms with E-state index < -0.39 is 10.0 Å². The predicted octanol–water partition coefficient (Wildman–Crippen LogP) is 1.10. The van der Waals surface area contributed by atoms with Crippen molar-refractivity contribution in [1.29, 1.82) is 0 Å². The molecule has 2 aliphatic heterocycles. The molecule has 2 aliphatic rings. The van der Waals surface area contributed by atoms with Gasteiger partial charge in [0.1, 0.15) is 6.33 Å². The molecule has 0 radical (unpaired) electrons. The van der Waals surface area contributed by atoms with Crippen molar-refractivity contribution in [2.45, 2.75) is 31.6 Å². The van der Waals surface area contributed by atoms with E-state index in [1.165, 1.54) is 10.6 Å². The summed E-state index contributed by atoms with van der Waals surface area (Å²) in [5, 5.41) is 0. The lowest BCUT2D eigenvalue weighted by molar-refractivity contribution is 0.0789. The Labute approximate surface area is 152 Å². The van der Waals surface area contributed by atoms with Crippen LogP contribution < -0.4 is 0 Å². The zero-order valence-electron chi connectivity index (χ0n) is 14.8. The maximum absolute atomic E-state index is 12.7. The molecular formula is C17H23N5O3S. The second-order valence-electron chi connectivity index (χ2n) is 7.09. The molecule has 0 unspecified atom stereocenters. The van der Waals surface area contributed by atoms with E-state index >= 15 is 0 Å². The Hall–Kier alpha value is -2.00. The number of likely N-dealkylation sites (tertiary alicyclic amines) is 1. The third kappa shape index (κ3) is 3.09. The first-order chi connectivity index (χ1) is 12.4. The van der Waals surface area contributed by atoms with Gasteiger partial charge in [0.15, 0.2) is 11.3 Å². The van der Waals surface area contributed by atoms with Gasteiger partial charge in [0.25, 0.3) is 5.91 Å². The van der Waals surface area contributed by atoms with E-state index in [0.29, 0.717) is 24.4 Å². The van der Waals surface area contributed by atoms with Crippen molar-refractivity contribution in [3.8, 4) is 0 Å². The number of aromatic nitrogens is 3. The zero-order chi connectivity index (χ0) is 18.3. The Morgan fingerprint density at radius 2 is 1.81 bits per heavy atom. The van der Waals surface area contributed by atoms with Gasteiger partial charge in [0, 0.05) is 44.0 Å². The van der Waals surface area contributed by atoms with Gasteiger partial charge in [-0.15, -0.1) is 0 Å². The molecule has 0 bridgehead atoms. The first kappa shape index (κ1) is 17.4. The van der Waals surface area contributed by atoms with Gasteiger partial charge in [-0.2, -0.15) is 0 Å². The molecule has 0 spiro atoms. The second-order valence-corrected chi connectivity index (χ2v) is 9.07. The van der Waals surface area contributed by atoms with E-state index in [1.807, 2.05) is 15.4 Å². The second kappa shape index (κ2) is 6.62. The summed E-state index contributed by atoms with van der Waals surface area (Å²) in [5.41, 5.74) is 2.03. The van der Waals surface area contributed by atoms with Crippen molar-refractivity contribution in [1.82, 2.24) is 23.6 Å². The molecule has 0 atom stereocenters. The molecule has 0 saturated carbocycles. The van der Waals surface area contributed by atoms with Crippen molar-refractivity contribution in [3.05, 3.63) is 30.0 Å².